The summed E-state index contributed by atoms with van der Waals surface area (Å²) in [4.78, 5) is 11.0. The van der Waals surface area contributed by atoms with E-state index < -0.39 is 5.97 Å². The molecule has 0 saturated carbocycles. The third kappa shape index (κ3) is 3.51. The highest BCUT2D eigenvalue weighted by molar-refractivity contribution is 5.88. The Morgan fingerprint density at radius 3 is 2.48 bits per heavy atom. The van der Waals surface area contributed by atoms with E-state index in [4.69, 9.17) is 19.8 Å². The van der Waals surface area contributed by atoms with Gasteiger partial charge in [0.05, 0.1) is 24.3 Å². The van der Waals surface area contributed by atoms with Gasteiger partial charge in [-0.25, -0.2) is 4.79 Å². The van der Waals surface area contributed by atoms with Gasteiger partial charge in [0.25, 0.3) is 0 Å². The van der Waals surface area contributed by atoms with E-state index in [2.05, 4.69) is 0 Å². The minimum absolute atomic E-state index is 0.130. The van der Waals surface area contributed by atoms with E-state index in [-0.39, 0.29) is 12.2 Å². The molecule has 0 bridgehead atoms. The van der Waals surface area contributed by atoms with E-state index in [0.717, 1.165) is 5.56 Å². The molecule has 0 amide bonds. The van der Waals surface area contributed by atoms with Crippen LogP contribution < -0.4 is 9.47 Å². The highest BCUT2D eigenvalue weighted by Crippen LogP contribution is 2.28. The second-order valence-corrected chi connectivity index (χ2v) is 4.27. The lowest BCUT2D eigenvalue weighted by molar-refractivity contribution is 0.0696. The Morgan fingerprint density at radius 2 is 1.90 bits per heavy atom. The summed E-state index contributed by atoms with van der Waals surface area (Å²) in [7, 11) is 1.49. The van der Waals surface area contributed by atoms with E-state index >= 15 is 0 Å². The molecule has 2 rings (SSSR count). The SMILES string of the molecule is COc1ccc(C(=O)O)cc1OCc1ccc(C#N)cc1. The maximum atomic E-state index is 11.0. The number of aromatic carboxylic acids is 1. The summed E-state index contributed by atoms with van der Waals surface area (Å²) >= 11 is 0. The van der Waals surface area contributed by atoms with Crippen LogP contribution in [0.3, 0.4) is 0 Å². The maximum absolute atomic E-state index is 11.0. The molecule has 0 fully saturated rings. The van der Waals surface area contributed by atoms with E-state index in [9.17, 15) is 4.79 Å². The molecule has 0 aliphatic heterocycles. The number of hydrogen-bond acceptors (Lipinski definition) is 4. The van der Waals surface area contributed by atoms with Gasteiger partial charge in [0.1, 0.15) is 6.61 Å². The lowest BCUT2D eigenvalue weighted by atomic mass is 10.1. The van der Waals surface area contributed by atoms with Crippen LogP contribution in [-0.4, -0.2) is 18.2 Å². The molecule has 1 N–H and O–H groups in total. The van der Waals surface area contributed by atoms with Gasteiger partial charge in [-0.2, -0.15) is 5.26 Å². The molecule has 0 heterocycles. The summed E-state index contributed by atoms with van der Waals surface area (Å²) in [5.41, 5.74) is 1.58. The van der Waals surface area contributed by atoms with E-state index in [1.54, 1.807) is 30.3 Å². The van der Waals surface area contributed by atoms with Crippen LogP contribution in [-0.2, 0) is 6.61 Å². The maximum Gasteiger partial charge on any atom is 0.335 e. The lowest BCUT2D eigenvalue weighted by Gasteiger charge is -2.11. The first-order valence-electron chi connectivity index (χ1n) is 6.17. The van der Waals surface area contributed by atoms with Crippen LogP contribution in [0.25, 0.3) is 0 Å². The molecule has 0 radical (unpaired) electrons. The largest absolute Gasteiger partial charge is 0.493 e. The molecule has 106 valence electrons. The van der Waals surface area contributed by atoms with Gasteiger partial charge in [-0.1, -0.05) is 12.1 Å². The zero-order valence-corrected chi connectivity index (χ0v) is 11.4. The number of carbonyl (C=O) groups is 1. The van der Waals surface area contributed by atoms with Crippen molar-refractivity contribution in [3.63, 3.8) is 0 Å². The first-order chi connectivity index (χ1) is 10.1. The number of benzene rings is 2. The monoisotopic (exact) mass is 283 g/mol. The fraction of sp³-hybridized carbons (Fsp3) is 0.125. The fourth-order valence-electron chi connectivity index (χ4n) is 1.76. The van der Waals surface area contributed by atoms with Gasteiger partial charge >= 0.3 is 5.97 Å². The molecule has 2 aromatic rings. The smallest absolute Gasteiger partial charge is 0.335 e. The normalized spacial score (nSPS) is 9.71. The number of nitriles is 1. The first kappa shape index (κ1) is 14.4. The molecule has 0 saturated heterocycles. The predicted molar refractivity (Wildman–Crippen MR) is 75.4 cm³/mol. The molecule has 0 aliphatic rings. The average Bonchev–Trinajstić information content (AvgIpc) is 2.53. The standard InChI is InChI=1S/C16H13NO4/c1-20-14-7-6-13(16(18)19)8-15(14)21-10-12-4-2-11(9-17)3-5-12/h2-8H,10H2,1H3,(H,18,19). The molecule has 5 nitrogen and oxygen atoms in total. The van der Waals surface area contributed by atoms with Gasteiger partial charge in [-0.15, -0.1) is 0 Å². The number of hydrogen-bond donors (Lipinski definition) is 1. The molecule has 0 atom stereocenters. The Kier molecular flexibility index (Phi) is 4.42. The quantitative estimate of drug-likeness (QED) is 0.912. The van der Waals surface area contributed by atoms with E-state index in [1.807, 2.05) is 6.07 Å². The molecule has 0 unspecified atom stereocenters. The average molecular weight is 283 g/mol. The Morgan fingerprint density at radius 1 is 1.19 bits per heavy atom. The van der Waals surface area contributed by atoms with Crippen molar-refractivity contribution in [2.75, 3.05) is 7.11 Å². The number of ether oxygens (including phenoxy) is 2. The molecule has 0 spiro atoms. The second kappa shape index (κ2) is 6.44. The van der Waals surface area contributed by atoms with Gasteiger partial charge in [-0.3, -0.25) is 0 Å². The van der Waals surface area contributed by atoms with Gasteiger partial charge in [-0.05, 0) is 35.9 Å². The Labute approximate surface area is 122 Å². The van der Waals surface area contributed by atoms with Gasteiger partial charge in [0, 0.05) is 0 Å². The molecule has 21 heavy (non-hydrogen) atoms. The third-order valence-corrected chi connectivity index (χ3v) is 2.89. The zero-order chi connectivity index (χ0) is 15.2. The van der Waals surface area contributed by atoms with Crippen molar-refractivity contribution >= 4 is 5.97 Å². The molecular weight excluding hydrogens is 270 g/mol. The third-order valence-electron chi connectivity index (χ3n) is 2.89. The minimum atomic E-state index is -1.03. The van der Waals surface area contributed by atoms with Gasteiger partial charge < -0.3 is 14.6 Å². The molecule has 0 aliphatic carbocycles. The topological polar surface area (TPSA) is 79.6 Å². The summed E-state index contributed by atoms with van der Waals surface area (Å²) in [5.74, 6) is -0.198. The number of carboxylic acids is 1. The van der Waals surface area contributed by atoms with Crippen LogP contribution in [0.4, 0.5) is 0 Å². The van der Waals surface area contributed by atoms with Gasteiger partial charge in [0.15, 0.2) is 11.5 Å². The summed E-state index contributed by atoms with van der Waals surface area (Å²) in [6, 6.07) is 13.4. The fourth-order valence-corrected chi connectivity index (χ4v) is 1.76. The second-order valence-electron chi connectivity index (χ2n) is 4.27. The Balaban J connectivity index is 2.16. The highest BCUT2D eigenvalue weighted by atomic mass is 16.5. The molecule has 2 aromatic carbocycles. The van der Waals surface area contributed by atoms with E-state index in [1.165, 1.54) is 19.2 Å². The van der Waals surface area contributed by atoms with Gasteiger partial charge in [0.2, 0.25) is 0 Å². The molecule has 0 aromatic heterocycles. The summed E-state index contributed by atoms with van der Waals surface area (Å²) in [6.07, 6.45) is 0. The van der Waals surface area contributed by atoms with Crippen molar-refractivity contribution in [1.29, 1.82) is 5.26 Å². The van der Waals surface area contributed by atoms with Crippen LogP contribution >= 0.6 is 0 Å². The van der Waals surface area contributed by atoms with Crippen LogP contribution in [0.5, 0.6) is 11.5 Å². The van der Waals surface area contributed by atoms with Crippen molar-refractivity contribution in [2.45, 2.75) is 6.61 Å². The molecule has 5 heteroatoms. The zero-order valence-electron chi connectivity index (χ0n) is 11.4. The van der Waals surface area contributed by atoms with Crippen molar-refractivity contribution in [2.24, 2.45) is 0 Å². The first-order valence-corrected chi connectivity index (χ1v) is 6.17. The Hall–Kier alpha value is -3.00. The van der Waals surface area contributed by atoms with Crippen molar-refractivity contribution in [3.05, 3.63) is 59.2 Å². The molecular formula is C16H13NO4. The van der Waals surface area contributed by atoms with Crippen LogP contribution in [0, 0.1) is 11.3 Å². The summed E-state index contributed by atoms with van der Waals surface area (Å²) < 4.78 is 10.8. The van der Waals surface area contributed by atoms with Crippen molar-refractivity contribution < 1.29 is 19.4 Å². The van der Waals surface area contributed by atoms with Crippen molar-refractivity contribution in [1.82, 2.24) is 0 Å². The summed E-state index contributed by atoms with van der Waals surface area (Å²) in [6.45, 7) is 0.255. The number of rotatable bonds is 5. The lowest BCUT2D eigenvalue weighted by Crippen LogP contribution is -2.01. The van der Waals surface area contributed by atoms with Crippen molar-refractivity contribution in [3.8, 4) is 17.6 Å². The van der Waals surface area contributed by atoms with Crippen LogP contribution in [0.1, 0.15) is 21.5 Å². The highest BCUT2D eigenvalue weighted by Gasteiger charge is 2.10. The summed E-state index contributed by atoms with van der Waals surface area (Å²) in [5, 5.41) is 17.7. The van der Waals surface area contributed by atoms with Crippen LogP contribution in [0.2, 0.25) is 0 Å². The number of methoxy groups -OCH3 is 1. The predicted octanol–water partition coefficient (Wildman–Crippen LogP) is 2.84. The minimum Gasteiger partial charge on any atom is -0.493 e. The van der Waals surface area contributed by atoms with Crippen LogP contribution in [0.15, 0.2) is 42.5 Å². The number of nitrogens with zero attached hydrogens (tertiary/aromatic N) is 1. The number of carboxylic acid groups (broad SMARTS) is 1. The Bertz CT molecular complexity index is 686. The van der Waals surface area contributed by atoms with E-state index in [0.29, 0.717) is 17.1 Å².